The van der Waals surface area contributed by atoms with Crippen LogP contribution in [-0.2, 0) is 6.42 Å². The summed E-state index contributed by atoms with van der Waals surface area (Å²) < 4.78 is 5.47. The molecule has 17 heavy (non-hydrogen) atoms. The maximum Gasteiger partial charge on any atom is 0.108 e. The third-order valence-electron chi connectivity index (χ3n) is 3.66. The minimum absolute atomic E-state index is 0.0433. The average Bonchev–Trinajstić information content (AvgIpc) is 2.75. The molecule has 0 radical (unpaired) electrons. The quantitative estimate of drug-likeness (QED) is 0.797. The highest BCUT2D eigenvalue weighted by Crippen LogP contribution is 2.29. The van der Waals surface area contributed by atoms with Gasteiger partial charge in [0.05, 0.1) is 12.3 Å². The first-order valence-electron chi connectivity index (χ1n) is 6.83. The number of hydrogen-bond donors (Lipinski definition) is 1. The lowest BCUT2D eigenvalue weighted by molar-refractivity contribution is 0.507. The summed E-state index contributed by atoms with van der Waals surface area (Å²) in [6.07, 6.45) is 12.7. The Bertz CT molecular complexity index is 378. The number of nitrogens with two attached hydrogens (primary N) is 1. The van der Waals surface area contributed by atoms with Crippen LogP contribution in [0.5, 0.6) is 0 Å². The van der Waals surface area contributed by atoms with Gasteiger partial charge in [-0.1, -0.05) is 31.4 Å². The molecule has 0 spiro atoms. The molecule has 1 aromatic heterocycles. The molecule has 1 heterocycles. The first kappa shape index (κ1) is 12.4. The molecule has 1 aliphatic rings. The summed E-state index contributed by atoms with van der Waals surface area (Å²) in [7, 11) is 0. The zero-order chi connectivity index (χ0) is 12.1. The highest BCUT2D eigenvalue weighted by atomic mass is 16.3. The molecule has 94 valence electrons. The normalized spacial score (nSPS) is 22.4. The van der Waals surface area contributed by atoms with Gasteiger partial charge in [0, 0.05) is 12.0 Å². The fourth-order valence-electron chi connectivity index (χ4n) is 2.61. The van der Waals surface area contributed by atoms with E-state index in [4.69, 9.17) is 10.2 Å². The van der Waals surface area contributed by atoms with Crippen LogP contribution in [0.2, 0.25) is 0 Å². The van der Waals surface area contributed by atoms with E-state index in [1.165, 1.54) is 43.2 Å². The van der Waals surface area contributed by atoms with E-state index in [1.54, 1.807) is 6.26 Å². The van der Waals surface area contributed by atoms with E-state index in [0.717, 1.165) is 18.6 Å². The van der Waals surface area contributed by atoms with Crippen LogP contribution in [0.25, 0.3) is 0 Å². The van der Waals surface area contributed by atoms with Crippen LogP contribution in [0.4, 0.5) is 0 Å². The van der Waals surface area contributed by atoms with Gasteiger partial charge < -0.3 is 10.2 Å². The van der Waals surface area contributed by atoms with Crippen LogP contribution in [-0.4, -0.2) is 0 Å². The Morgan fingerprint density at radius 1 is 1.29 bits per heavy atom. The van der Waals surface area contributed by atoms with Crippen LogP contribution in [0.3, 0.4) is 0 Å². The van der Waals surface area contributed by atoms with Gasteiger partial charge in [-0.25, -0.2) is 0 Å². The second-order valence-corrected chi connectivity index (χ2v) is 4.86. The maximum absolute atomic E-state index is 6.38. The maximum atomic E-state index is 6.38. The molecular weight excluding hydrogens is 210 g/mol. The van der Waals surface area contributed by atoms with Gasteiger partial charge in [-0.3, -0.25) is 0 Å². The molecule has 2 nitrogen and oxygen atoms in total. The van der Waals surface area contributed by atoms with Crippen LogP contribution < -0.4 is 5.73 Å². The third kappa shape index (κ3) is 3.01. The molecular formula is C15H23NO. The molecule has 1 aliphatic carbocycles. The summed E-state index contributed by atoms with van der Waals surface area (Å²) in [5, 5.41) is 0. The van der Waals surface area contributed by atoms with E-state index in [9.17, 15) is 0 Å². The smallest absolute Gasteiger partial charge is 0.108 e. The molecule has 0 aromatic carbocycles. The topological polar surface area (TPSA) is 39.2 Å². The van der Waals surface area contributed by atoms with Crippen LogP contribution >= 0.6 is 0 Å². The zero-order valence-corrected chi connectivity index (χ0v) is 10.7. The van der Waals surface area contributed by atoms with Gasteiger partial charge in [0.1, 0.15) is 5.76 Å². The van der Waals surface area contributed by atoms with Crippen molar-refractivity contribution >= 4 is 0 Å². The summed E-state index contributed by atoms with van der Waals surface area (Å²) in [5.74, 6) is 1.04. The van der Waals surface area contributed by atoms with Crippen molar-refractivity contribution in [1.82, 2.24) is 0 Å². The number of hydrogen-bond acceptors (Lipinski definition) is 2. The number of aryl methyl sites for hydroxylation is 1. The molecule has 1 unspecified atom stereocenters. The Hall–Kier alpha value is -1.02. The van der Waals surface area contributed by atoms with Crippen molar-refractivity contribution in [2.24, 2.45) is 5.73 Å². The van der Waals surface area contributed by atoms with E-state index in [0.29, 0.717) is 0 Å². The van der Waals surface area contributed by atoms with Crippen molar-refractivity contribution in [1.29, 1.82) is 0 Å². The standard InChI is InChI=1S/C15H23NO/c1-2-14-13(10-11-17-14)15(16)12-8-6-4-3-5-7-9-12/h8,10-11,15H,2-7,9,16H2,1H3/b12-8+. The molecule has 0 saturated carbocycles. The van der Waals surface area contributed by atoms with Crippen molar-refractivity contribution in [2.45, 2.75) is 57.9 Å². The fourth-order valence-corrected chi connectivity index (χ4v) is 2.61. The minimum atomic E-state index is 0.0433. The largest absolute Gasteiger partial charge is 0.469 e. The third-order valence-corrected chi connectivity index (χ3v) is 3.66. The number of furan rings is 1. The molecule has 2 rings (SSSR count). The van der Waals surface area contributed by atoms with Crippen molar-refractivity contribution in [3.63, 3.8) is 0 Å². The van der Waals surface area contributed by atoms with Gasteiger partial charge in [0.15, 0.2) is 0 Å². The fraction of sp³-hybridized carbons (Fsp3) is 0.600. The highest BCUT2D eigenvalue weighted by Gasteiger charge is 2.17. The second-order valence-electron chi connectivity index (χ2n) is 4.86. The van der Waals surface area contributed by atoms with Crippen LogP contribution in [0.1, 0.15) is 62.8 Å². The van der Waals surface area contributed by atoms with Gasteiger partial charge in [-0.05, 0) is 31.7 Å². The monoisotopic (exact) mass is 233 g/mol. The van der Waals surface area contributed by atoms with Crippen molar-refractivity contribution in [2.75, 3.05) is 0 Å². The van der Waals surface area contributed by atoms with Crippen molar-refractivity contribution in [3.8, 4) is 0 Å². The first-order valence-corrected chi connectivity index (χ1v) is 6.83. The summed E-state index contributed by atoms with van der Waals surface area (Å²) in [4.78, 5) is 0. The molecule has 0 aliphatic heterocycles. The summed E-state index contributed by atoms with van der Waals surface area (Å²) in [5.41, 5.74) is 8.97. The Kier molecular flexibility index (Phi) is 4.43. The Morgan fingerprint density at radius 3 is 2.94 bits per heavy atom. The predicted molar refractivity (Wildman–Crippen MR) is 70.8 cm³/mol. The lowest BCUT2D eigenvalue weighted by atomic mass is 9.91. The minimum Gasteiger partial charge on any atom is -0.469 e. The molecule has 2 N–H and O–H groups in total. The molecule has 1 aromatic rings. The van der Waals surface area contributed by atoms with E-state index in [2.05, 4.69) is 13.0 Å². The van der Waals surface area contributed by atoms with Gasteiger partial charge in [-0.15, -0.1) is 0 Å². The summed E-state index contributed by atoms with van der Waals surface area (Å²) in [6.45, 7) is 2.11. The molecule has 1 atom stereocenters. The van der Waals surface area contributed by atoms with Crippen molar-refractivity contribution < 1.29 is 4.42 Å². The lowest BCUT2D eigenvalue weighted by Gasteiger charge is -2.18. The van der Waals surface area contributed by atoms with Gasteiger partial charge >= 0.3 is 0 Å². The van der Waals surface area contributed by atoms with Gasteiger partial charge in [0.2, 0.25) is 0 Å². The van der Waals surface area contributed by atoms with Gasteiger partial charge in [0.25, 0.3) is 0 Å². The SMILES string of the molecule is CCc1occc1C(N)/C1=C/CCCCCC1. The Balaban J connectivity index is 2.14. The van der Waals surface area contributed by atoms with Crippen LogP contribution in [0, 0.1) is 0 Å². The average molecular weight is 233 g/mol. The van der Waals surface area contributed by atoms with Crippen LogP contribution in [0.15, 0.2) is 28.4 Å². The zero-order valence-electron chi connectivity index (χ0n) is 10.7. The molecule has 0 amide bonds. The Morgan fingerprint density at radius 2 is 2.12 bits per heavy atom. The summed E-state index contributed by atoms with van der Waals surface area (Å²) >= 11 is 0. The van der Waals surface area contributed by atoms with E-state index in [1.807, 2.05) is 6.07 Å². The summed E-state index contributed by atoms with van der Waals surface area (Å²) in [6, 6.07) is 2.07. The highest BCUT2D eigenvalue weighted by molar-refractivity contribution is 5.30. The Labute approximate surface area is 104 Å². The molecule has 2 heteroatoms. The number of allylic oxidation sites excluding steroid dienone is 1. The number of rotatable bonds is 3. The molecule has 0 saturated heterocycles. The molecule has 0 fully saturated rings. The predicted octanol–water partition coefficient (Wildman–Crippen LogP) is 4.12. The first-order chi connectivity index (χ1) is 8.33. The molecule has 0 bridgehead atoms. The second kappa shape index (κ2) is 6.06. The van der Waals surface area contributed by atoms with Crippen molar-refractivity contribution in [3.05, 3.63) is 35.3 Å². The lowest BCUT2D eigenvalue weighted by Crippen LogP contribution is -2.15. The van der Waals surface area contributed by atoms with Gasteiger partial charge in [-0.2, -0.15) is 0 Å². The van der Waals surface area contributed by atoms with E-state index < -0.39 is 0 Å². The van der Waals surface area contributed by atoms with E-state index >= 15 is 0 Å². The van der Waals surface area contributed by atoms with E-state index in [-0.39, 0.29) is 6.04 Å².